The van der Waals surface area contributed by atoms with Gasteiger partial charge in [-0.15, -0.1) is 0 Å². The predicted octanol–water partition coefficient (Wildman–Crippen LogP) is 3.64. The molecule has 1 aliphatic heterocycles. The molecule has 2 aromatic carbocycles. The van der Waals surface area contributed by atoms with Gasteiger partial charge in [-0.3, -0.25) is 19.2 Å². The van der Waals surface area contributed by atoms with Crippen LogP contribution in [0.2, 0.25) is 5.02 Å². The van der Waals surface area contributed by atoms with Crippen molar-refractivity contribution < 1.29 is 23.9 Å². The smallest absolute Gasteiger partial charge is 0.273 e. The summed E-state index contributed by atoms with van der Waals surface area (Å²) in [6.45, 7) is -0.457. The molecule has 7 nitrogen and oxygen atoms in total. The molecule has 2 aromatic rings. The minimum atomic E-state index is -0.608. The summed E-state index contributed by atoms with van der Waals surface area (Å²) in [5.41, 5.74) is 0.546. The van der Waals surface area contributed by atoms with Crippen molar-refractivity contribution in [3.63, 3.8) is 0 Å². The first-order valence-electron chi connectivity index (χ1n) is 11.7. The molecular weight excluding hydrogens is 468 g/mol. The summed E-state index contributed by atoms with van der Waals surface area (Å²) in [4.78, 5) is 54.2. The molecule has 3 amide bonds. The van der Waals surface area contributed by atoms with Gasteiger partial charge in [0.15, 0.2) is 5.78 Å². The fraction of sp³-hybridized carbons (Fsp3) is 0.333. The van der Waals surface area contributed by atoms with Crippen molar-refractivity contribution in [1.29, 1.82) is 0 Å². The van der Waals surface area contributed by atoms with Gasteiger partial charge in [0.05, 0.1) is 18.9 Å². The molecule has 1 saturated heterocycles. The predicted molar refractivity (Wildman–Crippen MR) is 126 cm³/mol. The Kier molecular flexibility index (Phi) is 5.07. The molecule has 3 fully saturated rings. The number of carbonyl (C=O) groups is 4. The van der Waals surface area contributed by atoms with E-state index < -0.39 is 41.9 Å². The molecule has 8 heteroatoms. The monoisotopic (exact) mass is 490 g/mol. The maximum absolute atomic E-state index is 13.7. The van der Waals surface area contributed by atoms with Crippen LogP contribution in [0, 0.1) is 35.5 Å². The molecule has 6 atom stereocenters. The number of hydrazine groups is 1. The lowest BCUT2D eigenvalue weighted by Crippen LogP contribution is -2.52. The van der Waals surface area contributed by atoms with E-state index in [9.17, 15) is 19.2 Å². The average molecular weight is 491 g/mol. The zero-order valence-corrected chi connectivity index (χ0v) is 19.7. The Hall–Kier alpha value is -3.45. The summed E-state index contributed by atoms with van der Waals surface area (Å²) in [5.74, 6) is -1.39. The van der Waals surface area contributed by atoms with E-state index in [-0.39, 0.29) is 17.4 Å². The lowest BCUT2D eigenvalue weighted by molar-refractivity contribution is -0.154. The highest BCUT2D eigenvalue weighted by Gasteiger charge is 2.68. The summed E-state index contributed by atoms with van der Waals surface area (Å²) >= 11 is 5.99. The average Bonchev–Trinajstić information content (AvgIpc) is 3.66. The molecule has 6 unspecified atom stereocenters. The van der Waals surface area contributed by atoms with Crippen LogP contribution in [0.5, 0.6) is 5.75 Å². The van der Waals surface area contributed by atoms with Crippen LogP contribution < -0.4 is 4.74 Å². The topological polar surface area (TPSA) is 84.0 Å². The maximum atomic E-state index is 13.7. The second-order valence-electron chi connectivity index (χ2n) is 9.67. The van der Waals surface area contributed by atoms with E-state index in [2.05, 4.69) is 12.2 Å². The number of hydrogen-bond donors (Lipinski definition) is 0. The summed E-state index contributed by atoms with van der Waals surface area (Å²) in [6.07, 6.45) is 5.18. The van der Waals surface area contributed by atoms with Crippen molar-refractivity contribution in [2.45, 2.75) is 6.42 Å². The second-order valence-corrected chi connectivity index (χ2v) is 10.1. The van der Waals surface area contributed by atoms with Crippen molar-refractivity contribution in [1.82, 2.24) is 10.0 Å². The molecule has 35 heavy (non-hydrogen) atoms. The van der Waals surface area contributed by atoms with Crippen LogP contribution in [0.1, 0.15) is 27.1 Å². The number of benzene rings is 2. The third-order valence-electron chi connectivity index (χ3n) is 7.89. The molecule has 1 heterocycles. The fourth-order valence-corrected chi connectivity index (χ4v) is 6.30. The minimum absolute atomic E-state index is 0.0121. The number of methoxy groups -OCH3 is 1. The highest BCUT2D eigenvalue weighted by Crippen LogP contribution is 2.65. The van der Waals surface area contributed by atoms with Crippen LogP contribution >= 0.6 is 11.6 Å². The number of amides is 3. The summed E-state index contributed by atoms with van der Waals surface area (Å²) < 4.78 is 5.21. The summed E-state index contributed by atoms with van der Waals surface area (Å²) in [7, 11) is 1.50. The molecule has 7 rings (SSSR count). The molecule has 0 spiro atoms. The van der Waals surface area contributed by atoms with Gasteiger partial charge >= 0.3 is 0 Å². The number of imide groups is 1. The minimum Gasteiger partial charge on any atom is -0.497 e. The highest BCUT2D eigenvalue weighted by molar-refractivity contribution is 6.30. The Balaban J connectivity index is 1.36. The number of nitrogens with zero attached hydrogens (tertiary/aromatic N) is 2. The van der Waals surface area contributed by atoms with Gasteiger partial charge in [-0.1, -0.05) is 35.9 Å². The Morgan fingerprint density at radius 2 is 1.60 bits per heavy atom. The zero-order chi connectivity index (χ0) is 24.4. The van der Waals surface area contributed by atoms with Crippen molar-refractivity contribution >= 4 is 35.1 Å². The molecule has 4 aliphatic carbocycles. The molecule has 178 valence electrons. The van der Waals surface area contributed by atoms with Gasteiger partial charge in [0.2, 0.25) is 0 Å². The van der Waals surface area contributed by atoms with Crippen molar-refractivity contribution in [2.75, 3.05) is 13.7 Å². The molecule has 2 bridgehead atoms. The quantitative estimate of drug-likeness (QED) is 0.350. The molecule has 0 N–H and O–H groups in total. The van der Waals surface area contributed by atoms with Crippen LogP contribution in [0.3, 0.4) is 0 Å². The van der Waals surface area contributed by atoms with E-state index in [1.807, 2.05) is 0 Å². The SMILES string of the molecule is COc1cccc(C(=O)CN(C(=O)c2ccc(Cl)cc2)N2C(=O)C3C4C=CC(C5CC45)C3C2=O)c1. The van der Waals surface area contributed by atoms with Gasteiger partial charge in [-0.05, 0) is 66.5 Å². The Labute approximate surface area is 207 Å². The Bertz CT molecular complexity index is 1250. The van der Waals surface area contributed by atoms with E-state index in [0.717, 1.165) is 16.4 Å². The number of carbonyl (C=O) groups excluding carboxylic acids is 4. The van der Waals surface area contributed by atoms with Gasteiger partial charge in [0.1, 0.15) is 12.3 Å². The standard InChI is InChI=1S/C27H23ClN2O5/c1-35-17-4-2-3-15(11-17)22(31)13-29(25(32)14-5-7-16(28)8-6-14)30-26(33)23-18-9-10-19(21-12-20(18)21)24(23)27(30)34/h2-11,18-21,23-24H,12-13H2,1H3. The van der Waals surface area contributed by atoms with Crippen LogP contribution in [-0.2, 0) is 9.59 Å². The number of ether oxygens (including phenoxy) is 1. The Morgan fingerprint density at radius 3 is 2.20 bits per heavy atom. The number of rotatable bonds is 6. The van der Waals surface area contributed by atoms with E-state index in [1.165, 1.54) is 19.2 Å². The number of ketones is 1. The largest absolute Gasteiger partial charge is 0.497 e. The third kappa shape index (κ3) is 3.40. The first kappa shape index (κ1) is 22.0. The lowest BCUT2D eigenvalue weighted by Gasteiger charge is -2.37. The highest BCUT2D eigenvalue weighted by atomic mass is 35.5. The fourth-order valence-electron chi connectivity index (χ4n) is 6.18. The number of Topliss-reactive ketones (excluding diaryl/α,β-unsaturated/α-hetero) is 1. The maximum Gasteiger partial charge on any atom is 0.273 e. The molecule has 0 aromatic heterocycles. The van der Waals surface area contributed by atoms with E-state index >= 15 is 0 Å². The van der Waals surface area contributed by atoms with Gasteiger partial charge in [0.25, 0.3) is 17.7 Å². The van der Waals surface area contributed by atoms with E-state index in [1.54, 1.807) is 36.4 Å². The second kappa shape index (κ2) is 8.05. The van der Waals surface area contributed by atoms with Crippen LogP contribution in [-0.4, -0.2) is 47.2 Å². The first-order valence-corrected chi connectivity index (χ1v) is 12.1. The van der Waals surface area contributed by atoms with Gasteiger partial charge in [0, 0.05) is 16.1 Å². The van der Waals surface area contributed by atoms with Crippen LogP contribution in [0.25, 0.3) is 0 Å². The molecule has 2 saturated carbocycles. The van der Waals surface area contributed by atoms with Gasteiger partial charge < -0.3 is 4.74 Å². The van der Waals surface area contributed by atoms with Gasteiger partial charge in [-0.2, -0.15) is 5.01 Å². The number of hydrogen-bond acceptors (Lipinski definition) is 5. The normalized spacial score (nSPS) is 29.6. The number of halogens is 1. The van der Waals surface area contributed by atoms with E-state index in [0.29, 0.717) is 28.2 Å². The molecular formula is C27H23ClN2O5. The lowest BCUT2D eigenvalue weighted by atomic mass is 9.63. The molecule has 5 aliphatic rings. The first-order chi connectivity index (χ1) is 16.9. The Morgan fingerprint density at radius 1 is 0.971 bits per heavy atom. The van der Waals surface area contributed by atoms with Crippen LogP contribution in [0.15, 0.2) is 60.7 Å². The van der Waals surface area contributed by atoms with Crippen LogP contribution in [0.4, 0.5) is 0 Å². The van der Waals surface area contributed by atoms with Gasteiger partial charge in [-0.25, -0.2) is 5.01 Å². The van der Waals surface area contributed by atoms with Crippen molar-refractivity contribution in [2.24, 2.45) is 35.5 Å². The summed E-state index contributed by atoms with van der Waals surface area (Å²) in [6, 6.07) is 12.7. The van der Waals surface area contributed by atoms with Crippen molar-refractivity contribution in [3.05, 3.63) is 76.8 Å². The zero-order valence-electron chi connectivity index (χ0n) is 19.0. The third-order valence-corrected chi connectivity index (χ3v) is 8.14. The van der Waals surface area contributed by atoms with E-state index in [4.69, 9.17) is 16.3 Å². The molecule has 0 radical (unpaired) electrons. The summed E-state index contributed by atoms with van der Waals surface area (Å²) in [5, 5.41) is 2.41. The number of allylic oxidation sites excluding steroid dienone is 2. The van der Waals surface area contributed by atoms with Crippen molar-refractivity contribution in [3.8, 4) is 5.75 Å².